The van der Waals surface area contributed by atoms with Gasteiger partial charge in [0, 0.05) is 42.6 Å². The van der Waals surface area contributed by atoms with Crippen LogP contribution in [-0.4, -0.2) is 65.2 Å². The Balaban J connectivity index is 1.24. The maximum atomic E-state index is 13.0. The topological polar surface area (TPSA) is 110 Å². The van der Waals surface area contributed by atoms with Gasteiger partial charge in [0.05, 0.1) is 13.2 Å². The van der Waals surface area contributed by atoms with E-state index in [2.05, 4.69) is 32.7 Å². The molecule has 2 amide bonds. The number of carbonyl (C=O) groups is 2. The average Bonchev–Trinajstić information content (AvgIpc) is 3.49. The molecule has 34 heavy (non-hydrogen) atoms. The van der Waals surface area contributed by atoms with Crippen LogP contribution in [0.2, 0.25) is 0 Å². The summed E-state index contributed by atoms with van der Waals surface area (Å²) in [4.78, 5) is 27.8. The number of hydrogen-bond acceptors (Lipinski definition) is 7. The predicted molar refractivity (Wildman–Crippen MR) is 125 cm³/mol. The van der Waals surface area contributed by atoms with Crippen LogP contribution in [0.25, 0.3) is 11.5 Å². The molecule has 3 heterocycles. The fourth-order valence-electron chi connectivity index (χ4n) is 5.58. The Morgan fingerprint density at radius 3 is 2.74 bits per heavy atom. The molecule has 9 heteroatoms. The fourth-order valence-corrected chi connectivity index (χ4v) is 5.58. The number of nitrogens with zero attached hydrogens (tertiary/aromatic N) is 3. The number of piperazine rings is 1. The highest BCUT2D eigenvalue weighted by Gasteiger charge is 2.45. The minimum atomic E-state index is -0.287. The SMILES string of the molecule is COc1ccc(-c2nnc(C[C@@H]3CNC(=O)[C@@H]4C[C@H](NC(=O)C5(C)CCCCC5)CN34)o2)cc1. The van der Waals surface area contributed by atoms with Crippen molar-refractivity contribution in [1.29, 1.82) is 0 Å². The number of amides is 2. The largest absolute Gasteiger partial charge is 0.497 e. The van der Waals surface area contributed by atoms with Gasteiger partial charge in [-0.1, -0.05) is 26.2 Å². The van der Waals surface area contributed by atoms with Crippen LogP contribution < -0.4 is 15.4 Å². The lowest BCUT2D eigenvalue weighted by atomic mass is 9.75. The molecular weight excluding hydrogens is 434 g/mol. The molecule has 3 fully saturated rings. The van der Waals surface area contributed by atoms with Gasteiger partial charge < -0.3 is 19.8 Å². The summed E-state index contributed by atoms with van der Waals surface area (Å²) in [5.41, 5.74) is 0.541. The Bertz CT molecular complexity index is 1030. The van der Waals surface area contributed by atoms with Gasteiger partial charge in [0.25, 0.3) is 0 Å². The minimum Gasteiger partial charge on any atom is -0.497 e. The van der Waals surface area contributed by atoms with Crippen molar-refractivity contribution in [1.82, 2.24) is 25.7 Å². The Hall–Kier alpha value is -2.94. The van der Waals surface area contributed by atoms with Crippen molar-refractivity contribution in [2.24, 2.45) is 5.41 Å². The molecule has 2 saturated heterocycles. The van der Waals surface area contributed by atoms with Crippen LogP contribution >= 0.6 is 0 Å². The maximum Gasteiger partial charge on any atom is 0.247 e. The Morgan fingerprint density at radius 1 is 1.24 bits per heavy atom. The van der Waals surface area contributed by atoms with Gasteiger partial charge in [0.1, 0.15) is 5.75 Å². The summed E-state index contributed by atoms with van der Waals surface area (Å²) in [6.45, 7) is 3.26. The van der Waals surface area contributed by atoms with Crippen LogP contribution in [-0.2, 0) is 16.0 Å². The Labute approximate surface area is 199 Å². The average molecular weight is 468 g/mol. The maximum absolute atomic E-state index is 13.0. The van der Waals surface area contributed by atoms with Gasteiger partial charge in [-0.05, 0) is 43.5 Å². The molecule has 0 spiro atoms. The molecule has 0 radical (unpaired) electrons. The second kappa shape index (κ2) is 9.37. The zero-order valence-corrected chi connectivity index (χ0v) is 19.9. The lowest BCUT2D eigenvalue weighted by Crippen LogP contribution is -2.58. The van der Waals surface area contributed by atoms with E-state index in [1.165, 1.54) is 6.42 Å². The van der Waals surface area contributed by atoms with E-state index < -0.39 is 0 Å². The van der Waals surface area contributed by atoms with Crippen molar-refractivity contribution in [3.8, 4) is 17.2 Å². The molecule has 1 aromatic carbocycles. The highest BCUT2D eigenvalue weighted by atomic mass is 16.5. The molecule has 1 aliphatic carbocycles. The van der Waals surface area contributed by atoms with Crippen molar-refractivity contribution in [3.05, 3.63) is 30.2 Å². The third kappa shape index (κ3) is 4.53. The number of fused-ring (bicyclic) bond motifs is 1. The van der Waals surface area contributed by atoms with Gasteiger partial charge >= 0.3 is 0 Å². The molecule has 1 saturated carbocycles. The zero-order chi connectivity index (χ0) is 23.7. The molecule has 9 nitrogen and oxygen atoms in total. The molecular formula is C25H33N5O4. The van der Waals surface area contributed by atoms with Gasteiger partial charge in [-0.3, -0.25) is 14.5 Å². The van der Waals surface area contributed by atoms with Crippen LogP contribution in [0.5, 0.6) is 5.75 Å². The summed E-state index contributed by atoms with van der Waals surface area (Å²) in [5.74, 6) is 1.92. The second-order valence-corrected chi connectivity index (χ2v) is 10.1. The number of carbonyl (C=O) groups excluding carboxylic acids is 2. The monoisotopic (exact) mass is 467 g/mol. The summed E-state index contributed by atoms with van der Waals surface area (Å²) >= 11 is 0. The first-order valence-electron chi connectivity index (χ1n) is 12.3. The third-order valence-corrected chi connectivity index (χ3v) is 7.68. The third-order valence-electron chi connectivity index (χ3n) is 7.68. The normalized spacial score (nSPS) is 26.5. The van der Waals surface area contributed by atoms with Crippen LogP contribution in [0, 0.1) is 5.41 Å². The first-order chi connectivity index (χ1) is 16.4. The number of hydrogen-bond donors (Lipinski definition) is 2. The molecule has 2 aliphatic heterocycles. The van der Waals surface area contributed by atoms with E-state index in [-0.39, 0.29) is 35.4 Å². The molecule has 2 N–H and O–H groups in total. The number of ether oxygens (including phenoxy) is 1. The highest BCUT2D eigenvalue weighted by Crippen LogP contribution is 2.36. The highest BCUT2D eigenvalue weighted by molar-refractivity contribution is 5.85. The van der Waals surface area contributed by atoms with Crippen molar-refractivity contribution in [2.45, 2.75) is 70.0 Å². The van der Waals surface area contributed by atoms with Crippen LogP contribution in [0.15, 0.2) is 28.7 Å². The Morgan fingerprint density at radius 2 is 2.00 bits per heavy atom. The van der Waals surface area contributed by atoms with Gasteiger partial charge in [0.2, 0.25) is 23.6 Å². The molecule has 3 atom stereocenters. The van der Waals surface area contributed by atoms with Crippen molar-refractivity contribution >= 4 is 11.8 Å². The van der Waals surface area contributed by atoms with Gasteiger partial charge in [-0.15, -0.1) is 10.2 Å². The van der Waals surface area contributed by atoms with E-state index in [0.29, 0.717) is 37.7 Å². The fraction of sp³-hybridized carbons (Fsp3) is 0.600. The van der Waals surface area contributed by atoms with Gasteiger partial charge in [0.15, 0.2) is 0 Å². The molecule has 182 valence electrons. The number of nitrogens with one attached hydrogen (secondary N) is 2. The summed E-state index contributed by atoms with van der Waals surface area (Å²) in [6, 6.07) is 7.24. The van der Waals surface area contributed by atoms with Crippen LogP contribution in [0.4, 0.5) is 0 Å². The standard InChI is InChI=1S/C25H33N5O4/c1-25(10-4-3-5-11-25)24(32)27-17-12-20-22(31)26-14-18(30(20)15-17)13-21-28-29-23(34-21)16-6-8-19(33-2)9-7-16/h6-9,17-18,20H,3-5,10-15H2,1-2H3,(H,26,31)(H,27,32)/t17-,18+,20-/m0/s1. The van der Waals surface area contributed by atoms with Crippen LogP contribution in [0.3, 0.4) is 0 Å². The lowest BCUT2D eigenvalue weighted by Gasteiger charge is -2.36. The van der Waals surface area contributed by atoms with Crippen LogP contribution in [0.1, 0.15) is 51.3 Å². The number of benzene rings is 1. The van der Waals surface area contributed by atoms with Crippen molar-refractivity contribution in [2.75, 3.05) is 20.2 Å². The van der Waals surface area contributed by atoms with E-state index in [4.69, 9.17) is 9.15 Å². The van der Waals surface area contributed by atoms with E-state index in [1.807, 2.05) is 24.3 Å². The molecule has 1 aromatic heterocycles. The predicted octanol–water partition coefficient (Wildman–Crippen LogP) is 2.32. The summed E-state index contributed by atoms with van der Waals surface area (Å²) in [5, 5.41) is 14.7. The molecule has 0 unspecified atom stereocenters. The lowest BCUT2D eigenvalue weighted by molar-refractivity contribution is -0.132. The molecule has 0 bridgehead atoms. The zero-order valence-electron chi connectivity index (χ0n) is 19.9. The first-order valence-corrected chi connectivity index (χ1v) is 12.3. The van der Waals surface area contributed by atoms with E-state index in [9.17, 15) is 9.59 Å². The minimum absolute atomic E-state index is 0.0276. The van der Waals surface area contributed by atoms with E-state index >= 15 is 0 Å². The summed E-state index contributed by atoms with van der Waals surface area (Å²) in [7, 11) is 1.63. The molecule has 3 aliphatic rings. The summed E-state index contributed by atoms with van der Waals surface area (Å²) in [6.07, 6.45) is 6.47. The quantitative estimate of drug-likeness (QED) is 0.671. The second-order valence-electron chi connectivity index (χ2n) is 10.1. The van der Waals surface area contributed by atoms with E-state index in [1.54, 1.807) is 7.11 Å². The van der Waals surface area contributed by atoms with Gasteiger partial charge in [-0.25, -0.2) is 0 Å². The van der Waals surface area contributed by atoms with Crippen molar-refractivity contribution < 1.29 is 18.7 Å². The first kappa shape index (κ1) is 22.8. The molecule has 2 aromatic rings. The van der Waals surface area contributed by atoms with Gasteiger partial charge in [-0.2, -0.15) is 0 Å². The molecule has 5 rings (SSSR count). The smallest absolute Gasteiger partial charge is 0.247 e. The Kier molecular flexibility index (Phi) is 6.29. The number of rotatable bonds is 6. The summed E-state index contributed by atoms with van der Waals surface area (Å²) < 4.78 is 11.1. The number of methoxy groups -OCH3 is 1. The van der Waals surface area contributed by atoms with E-state index in [0.717, 1.165) is 37.0 Å². The number of aromatic nitrogens is 2. The van der Waals surface area contributed by atoms with Crippen molar-refractivity contribution in [3.63, 3.8) is 0 Å².